The summed E-state index contributed by atoms with van der Waals surface area (Å²) in [4.78, 5) is 72.6. The maximum Gasteiger partial charge on any atom is 2.00 e. The van der Waals surface area contributed by atoms with Crippen molar-refractivity contribution in [2.75, 3.05) is 14.2 Å². The van der Waals surface area contributed by atoms with E-state index in [-0.39, 0.29) is 70.7 Å². The molecule has 5 heterocycles. The number of hydrogen-bond acceptors (Lipinski definition) is 8. The molecule has 10 nitrogen and oxygen atoms in total. The number of carbonyl (C=O) groups excluding carboxylic acids is 4. The standard InChI is InChI=1S/C36H39N4O6.Mg/c1-9-20-15(2)22-14-27-29(19(6)41)17(4)24(38-27)12-23-16(3)21(10-11-28(42)45-7)33(39-23)31-32(36(44)46-8)35(43)30-18(5)25(40-34(30)31)13-26(20)37-22;/h12-16,20-21,32H,9-11H2,1-8H3,(H-,37,38,39,40,41,43);/q-1;+2/p-1/t15-,16+,20-,21+,32?;/m1./s1. The monoisotopic (exact) mass is 646 g/mol. The van der Waals surface area contributed by atoms with Crippen molar-refractivity contribution in [3.63, 3.8) is 0 Å². The summed E-state index contributed by atoms with van der Waals surface area (Å²) >= 11 is 0. The fourth-order valence-electron chi connectivity index (χ4n) is 7.54. The Labute approximate surface area is 289 Å². The molecular formula is C36H38MgN4O6. The number of ketones is 2. The van der Waals surface area contributed by atoms with Gasteiger partial charge in [-0.2, -0.15) is 0 Å². The van der Waals surface area contributed by atoms with E-state index in [1.165, 1.54) is 21.1 Å². The molecule has 0 fully saturated rings. The molecule has 3 aromatic heterocycles. The minimum absolute atomic E-state index is 0. The van der Waals surface area contributed by atoms with Crippen LogP contribution >= 0.6 is 0 Å². The largest absolute Gasteiger partial charge is 2.00 e. The predicted octanol–water partition coefficient (Wildman–Crippen LogP) is 5.60. The number of ether oxygens (including phenoxy) is 2. The Hall–Kier alpha value is -3.83. The summed E-state index contributed by atoms with van der Waals surface area (Å²) in [5.41, 5.74) is 7.82. The number of rotatable bonds is 6. The SMILES string of the molecule is CC[C@H]1c2cc3[n-]c4c(c3C)C(=O)C(C(=O)OC)c4c3nc(cc4[n-]c(cc(n2)[C@@H]1C)c(C(C)=O)c4C)[C@@H](C)[C@@H]3CCC(=O)OC.[Mg+2]. The number of nitrogens with zero attached hydrogens (tertiary/aromatic N) is 4. The van der Waals surface area contributed by atoms with Gasteiger partial charge in [-0.05, 0) is 39.2 Å². The van der Waals surface area contributed by atoms with Crippen molar-refractivity contribution in [2.24, 2.45) is 0 Å². The first-order valence-corrected chi connectivity index (χ1v) is 15.8. The molecule has 47 heavy (non-hydrogen) atoms. The number of hydrogen-bond donors (Lipinski definition) is 0. The number of aryl methyl sites for hydroxylation is 2. The number of methoxy groups -OCH3 is 2. The first-order chi connectivity index (χ1) is 21.9. The molecule has 3 aliphatic rings. The zero-order valence-electron chi connectivity index (χ0n) is 28.2. The van der Waals surface area contributed by atoms with Crippen LogP contribution in [0.3, 0.4) is 0 Å². The molecule has 11 heteroatoms. The summed E-state index contributed by atoms with van der Waals surface area (Å²) in [6.45, 7) is 11.5. The molecule has 0 radical (unpaired) electrons. The van der Waals surface area contributed by atoms with Crippen molar-refractivity contribution in [1.29, 1.82) is 0 Å². The Kier molecular flexibility index (Phi) is 9.54. The molecule has 3 aromatic rings. The Morgan fingerprint density at radius 3 is 2.11 bits per heavy atom. The summed E-state index contributed by atoms with van der Waals surface area (Å²) in [6.07, 6.45) is 1.33. The van der Waals surface area contributed by atoms with Gasteiger partial charge in [-0.1, -0.05) is 50.1 Å². The molecule has 240 valence electrons. The van der Waals surface area contributed by atoms with Gasteiger partial charge in [-0.15, -0.1) is 22.1 Å². The molecule has 0 aromatic carbocycles. The molecule has 0 saturated heterocycles. The van der Waals surface area contributed by atoms with E-state index >= 15 is 0 Å². The van der Waals surface area contributed by atoms with Crippen molar-refractivity contribution < 1.29 is 28.7 Å². The van der Waals surface area contributed by atoms with Gasteiger partial charge in [-0.25, -0.2) is 0 Å². The van der Waals surface area contributed by atoms with Gasteiger partial charge in [0, 0.05) is 64.0 Å². The molecule has 0 amide bonds. The van der Waals surface area contributed by atoms with Gasteiger partial charge in [0.05, 0.1) is 14.2 Å². The number of carbonyl (C=O) groups is 4. The zero-order valence-corrected chi connectivity index (χ0v) is 29.6. The Bertz CT molecular complexity index is 1990. The molecule has 6 rings (SSSR count). The van der Waals surface area contributed by atoms with Crippen molar-refractivity contribution in [3.8, 4) is 0 Å². The van der Waals surface area contributed by atoms with Gasteiger partial charge >= 0.3 is 35.0 Å². The van der Waals surface area contributed by atoms with E-state index in [4.69, 9.17) is 29.4 Å². The van der Waals surface area contributed by atoms with E-state index in [2.05, 4.69) is 13.8 Å². The van der Waals surface area contributed by atoms with Crippen LogP contribution in [0.25, 0.3) is 22.1 Å². The second kappa shape index (κ2) is 13.0. The van der Waals surface area contributed by atoms with Crippen LogP contribution in [0.5, 0.6) is 0 Å². The average molecular weight is 647 g/mol. The van der Waals surface area contributed by atoms with Crippen LogP contribution in [0.15, 0.2) is 18.2 Å². The molecule has 1 unspecified atom stereocenters. The molecular weight excluding hydrogens is 609 g/mol. The molecule has 1 aliphatic carbocycles. The van der Waals surface area contributed by atoms with Crippen LogP contribution in [0.1, 0.15) is 137 Å². The fraction of sp³-hybridized carbons (Fsp3) is 0.444. The van der Waals surface area contributed by atoms with Gasteiger partial charge < -0.3 is 19.4 Å². The Balaban J connectivity index is 0.00000433. The number of fused-ring (bicyclic) bond motifs is 8. The second-order valence-corrected chi connectivity index (χ2v) is 12.6. The third-order valence-corrected chi connectivity index (χ3v) is 10.2. The summed E-state index contributed by atoms with van der Waals surface area (Å²) in [5.74, 6) is -3.13. The molecule has 8 bridgehead atoms. The van der Waals surface area contributed by atoms with E-state index in [0.29, 0.717) is 62.1 Å². The quantitative estimate of drug-likeness (QED) is 0.144. The smallest absolute Gasteiger partial charge is 0.657 e. The minimum atomic E-state index is -1.23. The average Bonchev–Trinajstić information content (AvgIpc) is 3.76. The Morgan fingerprint density at radius 1 is 0.851 bits per heavy atom. The van der Waals surface area contributed by atoms with Crippen LogP contribution in [0, 0.1) is 13.8 Å². The summed E-state index contributed by atoms with van der Waals surface area (Å²) in [7, 11) is 2.60. The predicted molar refractivity (Wildman–Crippen MR) is 177 cm³/mol. The maximum atomic E-state index is 14.1. The normalized spacial score (nSPS) is 21.4. The van der Waals surface area contributed by atoms with Crippen LogP contribution < -0.4 is 9.97 Å². The van der Waals surface area contributed by atoms with Crippen molar-refractivity contribution in [2.45, 2.75) is 90.4 Å². The van der Waals surface area contributed by atoms with Crippen LogP contribution in [0.4, 0.5) is 0 Å². The summed E-state index contributed by atoms with van der Waals surface area (Å²) < 4.78 is 10.1. The van der Waals surface area contributed by atoms with E-state index in [1.54, 1.807) is 0 Å². The minimum Gasteiger partial charge on any atom is -0.657 e. The second-order valence-electron chi connectivity index (χ2n) is 12.6. The van der Waals surface area contributed by atoms with E-state index < -0.39 is 11.9 Å². The molecule has 2 aliphatic heterocycles. The van der Waals surface area contributed by atoms with Crippen molar-refractivity contribution in [3.05, 3.63) is 68.8 Å². The van der Waals surface area contributed by atoms with Crippen LogP contribution in [-0.2, 0) is 19.1 Å². The topological polar surface area (TPSA) is 141 Å². The van der Waals surface area contributed by atoms with Crippen molar-refractivity contribution >= 4 is 68.6 Å². The van der Waals surface area contributed by atoms with Gasteiger partial charge in [0.25, 0.3) is 0 Å². The van der Waals surface area contributed by atoms with E-state index in [0.717, 1.165) is 23.4 Å². The third-order valence-electron chi connectivity index (χ3n) is 10.2. The van der Waals surface area contributed by atoms with Gasteiger partial charge in [0.15, 0.2) is 11.6 Å². The molecule has 0 saturated carbocycles. The molecule has 0 N–H and O–H groups in total. The number of Topliss-reactive ketones (excluding diaryl/α,β-unsaturated/α-hetero) is 2. The van der Waals surface area contributed by atoms with Crippen LogP contribution in [0.2, 0.25) is 0 Å². The molecule has 5 atom stereocenters. The molecule has 0 spiro atoms. The first-order valence-electron chi connectivity index (χ1n) is 15.8. The van der Waals surface area contributed by atoms with Gasteiger partial charge in [0.1, 0.15) is 5.92 Å². The number of esters is 2. The summed E-state index contributed by atoms with van der Waals surface area (Å²) in [5, 5.41) is 0. The zero-order chi connectivity index (χ0) is 33.2. The first kappa shape index (κ1) is 34.5. The number of aromatic nitrogens is 4. The van der Waals surface area contributed by atoms with E-state index in [1.807, 2.05) is 39.0 Å². The third kappa shape index (κ3) is 5.50. The van der Waals surface area contributed by atoms with Crippen molar-refractivity contribution in [1.82, 2.24) is 19.9 Å². The van der Waals surface area contributed by atoms with Gasteiger partial charge in [0.2, 0.25) is 0 Å². The Morgan fingerprint density at radius 2 is 1.47 bits per heavy atom. The van der Waals surface area contributed by atoms with Crippen LogP contribution in [-0.4, -0.2) is 70.7 Å². The van der Waals surface area contributed by atoms with Gasteiger partial charge in [-0.3, -0.25) is 29.1 Å². The maximum absolute atomic E-state index is 14.1. The van der Waals surface area contributed by atoms with E-state index in [9.17, 15) is 19.2 Å². The fourth-order valence-corrected chi connectivity index (χ4v) is 7.54. The summed E-state index contributed by atoms with van der Waals surface area (Å²) in [6, 6.07) is 5.72.